The topological polar surface area (TPSA) is 70.1 Å². The first-order chi connectivity index (χ1) is 15.4. The number of benzene rings is 1. The molecule has 1 aromatic carbocycles. The van der Waals surface area contributed by atoms with Crippen LogP contribution in [0, 0.1) is 0 Å². The van der Waals surface area contributed by atoms with Crippen LogP contribution in [0.25, 0.3) is 16.9 Å². The third-order valence-corrected chi connectivity index (χ3v) is 7.08. The Morgan fingerprint density at radius 1 is 1.19 bits per heavy atom. The highest BCUT2D eigenvalue weighted by Gasteiger charge is 2.26. The van der Waals surface area contributed by atoms with E-state index in [1.165, 1.54) is 18.4 Å². The number of carbonyl (C=O) groups is 1. The van der Waals surface area contributed by atoms with Crippen molar-refractivity contribution in [2.75, 3.05) is 44.4 Å². The number of nitrogens with zero attached hydrogens (tertiary/aromatic N) is 5. The van der Waals surface area contributed by atoms with Gasteiger partial charge in [-0.3, -0.25) is 9.69 Å². The maximum absolute atomic E-state index is 11.9. The Balaban J connectivity index is 1.53. The van der Waals surface area contributed by atoms with Crippen molar-refractivity contribution in [3.8, 4) is 11.3 Å². The number of nitrogen functional groups attached to an aromatic ring is 1. The van der Waals surface area contributed by atoms with Crippen molar-refractivity contribution in [2.24, 2.45) is 0 Å². The van der Waals surface area contributed by atoms with E-state index in [1.807, 2.05) is 23.2 Å². The summed E-state index contributed by atoms with van der Waals surface area (Å²) in [7, 11) is 4.42. The lowest BCUT2D eigenvalue weighted by atomic mass is 10.0. The number of imidazole rings is 1. The van der Waals surface area contributed by atoms with Gasteiger partial charge in [0.2, 0.25) is 5.91 Å². The number of rotatable bonds is 4. The standard InChI is InChI=1S/C25H32N6O/c1-17(32)30-13-8-18-14-19(4-6-22(18)30)25-23(31-15-20(26)5-7-24(31)27-25)16-29(3)21-9-11-28(2)12-10-21/h4-7,14-15,21H,8-13,16,26H2,1-3H3. The highest BCUT2D eigenvalue weighted by atomic mass is 16.2. The molecule has 32 heavy (non-hydrogen) atoms. The second kappa shape index (κ2) is 8.22. The quantitative estimate of drug-likeness (QED) is 0.686. The molecule has 7 nitrogen and oxygen atoms in total. The maximum Gasteiger partial charge on any atom is 0.223 e. The molecule has 2 N–H and O–H groups in total. The molecule has 0 atom stereocenters. The molecule has 0 saturated carbocycles. The Kier molecular flexibility index (Phi) is 5.39. The third kappa shape index (κ3) is 3.76. The highest BCUT2D eigenvalue weighted by molar-refractivity contribution is 5.94. The summed E-state index contributed by atoms with van der Waals surface area (Å²) in [6, 6.07) is 10.8. The fourth-order valence-electron chi connectivity index (χ4n) is 5.17. The molecule has 1 fully saturated rings. The summed E-state index contributed by atoms with van der Waals surface area (Å²) in [6.45, 7) is 5.47. The Bertz CT molecular complexity index is 1160. The Hall–Kier alpha value is -2.90. The van der Waals surface area contributed by atoms with Gasteiger partial charge in [0, 0.05) is 49.2 Å². The van der Waals surface area contributed by atoms with Crippen LogP contribution in [0.4, 0.5) is 11.4 Å². The van der Waals surface area contributed by atoms with E-state index in [2.05, 4.69) is 46.5 Å². The van der Waals surface area contributed by atoms with Crippen molar-refractivity contribution in [3.63, 3.8) is 0 Å². The van der Waals surface area contributed by atoms with Gasteiger partial charge in [-0.2, -0.15) is 0 Å². The number of pyridine rings is 1. The molecule has 0 radical (unpaired) electrons. The molecule has 7 heteroatoms. The molecule has 2 aliphatic heterocycles. The van der Waals surface area contributed by atoms with Gasteiger partial charge in [0.25, 0.3) is 0 Å². The Morgan fingerprint density at radius 3 is 2.72 bits per heavy atom. The van der Waals surface area contributed by atoms with Gasteiger partial charge in [0.1, 0.15) is 5.65 Å². The van der Waals surface area contributed by atoms with Gasteiger partial charge in [-0.25, -0.2) is 4.98 Å². The smallest absolute Gasteiger partial charge is 0.223 e. The number of anilines is 2. The van der Waals surface area contributed by atoms with E-state index in [0.717, 1.165) is 66.6 Å². The summed E-state index contributed by atoms with van der Waals surface area (Å²) in [5.74, 6) is 0.0974. The first-order valence-corrected chi connectivity index (χ1v) is 11.5. The van der Waals surface area contributed by atoms with Crippen LogP contribution in [-0.2, 0) is 17.8 Å². The van der Waals surface area contributed by atoms with E-state index in [9.17, 15) is 4.79 Å². The average Bonchev–Trinajstić information content (AvgIpc) is 3.35. The van der Waals surface area contributed by atoms with Gasteiger partial charge in [0.05, 0.1) is 11.4 Å². The minimum absolute atomic E-state index is 0.0974. The lowest BCUT2D eigenvalue weighted by Crippen LogP contribution is -2.41. The molecule has 0 spiro atoms. The summed E-state index contributed by atoms with van der Waals surface area (Å²) in [5, 5.41) is 0. The predicted octanol–water partition coefficient (Wildman–Crippen LogP) is 3.02. The number of likely N-dealkylation sites (tertiary alicyclic amines) is 1. The summed E-state index contributed by atoms with van der Waals surface area (Å²) in [4.78, 5) is 23.7. The van der Waals surface area contributed by atoms with E-state index >= 15 is 0 Å². The third-order valence-electron chi connectivity index (χ3n) is 7.08. The van der Waals surface area contributed by atoms with Crippen LogP contribution in [-0.4, -0.2) is 64.9 Å². The van der Waals surface area contributed by atoms with Crippen LogP contribution in [0.15, 0.2) is 36.5 Å². The minimum atomic E-state index is 0.0974. The minimum Gasteiger partial charge on any atom is -0.398 e. The molecular weight excluding hydrogens is 400 g/mol. The van der Waals surface area contributed by atoms with Crippen LogP contribution in [0.5, 0.6) is 0 Å². The molecule has 168 valence electrons. The normalized spacial score (nSPS) is 17.4. The summed E-state index contributed by atoms with van der Waals surface area (Å²) in [5.41, 5.74) is 13.3. The average molecular weight is 433 g/mol. The zero-order chi connectivity index (χ0) is 22.4. The molecule has 3 aromatic rings. The monoisotopic (exact) mass is 432 g/mol. The summed E-state index contributed by atoms with van der Waals surface area (Å²) < 4.78 is 2.14. The number of hydrogen-bond acceptors (Lipinski definition) is 5. The highest BCUT2D eigenvalue weighted by Crippen LogP contribution is 2.34. The number of carbonyl (C=O) groups excluding carboxylic acids is 1. The summed E-state index contributed by atoms with van der Waals surface area (Å²) >= 11 is 0. The summed E-state index contributed by atoms with van der Waals surface area (Å²) in [6.07, 6.45) is 5.23. The van der Waals surface area contributed by atoms with Gasteiger partial charge in [0.15, 0.2) is 0 Å². The second-order valence-electron chi connectivity index (χ2n) is 9.31. The molecule has 1 saturated heterocycles. The number of amides is 1. The van der Waals surface area contributed by atoms with Crippen LogP contribution >= 0.6 is 0 Å². The van der Waals surface area contributed by atoms with Crippen molar-refractivity contribution in [1.82, 2.24) is 19.2 Å². The number of nitrogens with two attached hydrogens (primary N) is 1. The first kappa shape index (κ1) is 21.0. The van der Waals surface area contributed by atoms with E-state index < -0.39 is 0 Å². The zero-order valence-electron chi connectivity index (χ0n) is 19.2. The predicted molar refractivity (Wildman–Crippen MR) is 129 cm³/mol. The van der Waals surface area contributed by atoms with E-state index in [0.29, 0.717) is 6.04 Å². The van der Waals surface area contributed by atoms with Crippen molar-refractivity contribution < 1.29 is 4.79 Å². The van der Waals surface area contributed by atoms with E-state index in [1.54, 1.807) is 6.92 Å². The molecule has 0 bridgehead atoms. The lowest BCUT2D eigenvalue weighted by molar-refractivity contribution is -0.116. The number of aromatic nitrogens is 2. The molecule has 2 aliphatic rings. The van der Waals surface area contributed by atoms with E-state index in [-0.39, 0.29) is 5.91 Å². The molecule has 5 rings (SSSR count). The van der Waals surface area contributed by atoms with Crippen molar-refractivity contribution in [1.29, 1.82) is 0 Å². The Morgan fingerprint density at radius 2 is 1.97 bits per heavy atom. The van der Waals surface area contributed by atoms with Gasteiger partial charge in [-0.15, -0.1) is 0 Å². The van der Waals surface area contributed by atoms with Crippen LogP contribution in [0.2, 0.25) is 0 Å². The van der Waals surface area contributed by atoms with Gasteiger partial charge >= 0.3 is 0 Å². The fourth-order valence-corrected chi connectivity index (χ4v) is 5.17. The fraction of sp³-hybridized carbons (Fsp3) is 0.440. The molecular formula is C25H32N6O. The van der Waals surface area contributed by atoms with E-state index in [4.69, 9.17) is 10.7 Å². The number of fused-ring (bicyclic) bond motifs is 2. The van der Waals surface area contributed by atoms with Crippen molar-refractivity contribution in [3.05, 3.63) is 47.8 Å². The molecule has 0 aliphatic carbocycles. The van der Waals surface area contributed by atoms with Gasteiger partial charge < -0.3 is 19.9 Å². The van der Waals surface area contributed by atoms with Gasteiger partial charge in [-0.05, 0) is 76.3 Å². The number of piperidine rings is 1. The van der Waals surface area contributed by atoms with Crippen molar-refractivity contribution in [2.45, 2.75) is 38.8 Å². The first-order valence-electron chi connectivity index (χ1n) is 11.5. The zero-order valence-corrected chi connectivity index (χ0v) is 19.2. The number of hydrogen-bond donors (Lipinski definition) is 1. The SMILES string of the molecule is CC(=O)N1CCc2cc(-c3nc4ccc(N)cn4c3CN(C)C3CCN(C)CC3)ccc21. The van der Waals surface area contributed by atoms with Crippen LogP contribution in [0.1, 0.15) is 31.0 Å². The second-order valence-corrected chi connectivity index (χ2v) is 9.31. The molecule has 4 heterocycles. The molecule has 1 amide bonds. The largest absolute Gasteiger partial charge is 0.398 e. The molecule has 0 unspecified atom stereocenters. The Labute approximate surface area is 189 Å². The molecule has 2 aromatic heterocycles. The van der Waals surface area contributed by atoms with Crippen LogP contribution < -0.4 is 10.6 Å². The van der Waals surface area contributed by atoms with Gasteiger partial charge in [-0.1, -0.05) is 6.07 Å². The maximum atomic E-state index is 11.9. The lowest BCUT2D eigenvalue weighted by Gasteiger charge is -2.35. The van der Waals surface area contributed by atoms with Crippen molar-refractivity contribution >= 4 is 22.9 Å². The van der Waals surface area contributed by atoms with Crippen LogP contribution in [0.3, 0.4) is 0 Å².